The van der Waals surface area contributed by atoms with Gasteiger partial charge in [0.05, 0.1) is 5.60 Å². The van der Waals surface area contributed by atoms with Crippen molar-refractivity contribution in [1.29, 1.82) is 0 Å². The Hall–Kier alpha value is -0.340. The lowest BCUT2D eigenvalue weighted by atomic mass is 9.94. The van der Waals surface area contributed by atoms with Gasteiger partial charge in [0.1, 0.15) is 0 Å². The highest BCUT2D eigenvalue weighted by molar-refractivity contribution is 14.0. The molecular weight excluding hydrogens is 381 g/mol. The maximum absolute atomic E-state index is 5.72. The van der Waals surface area contributed by atoms with Crippen molar-refractivity contribution in [3.8, 4) is 0 Å². The Kier molecular flexibility index (Phi) is 11.1. The predicted octanol–water partition coefficient (Wildman–Crippen LogP) is 2.27. The van der Waals surface area contributed by atoms with Crippen molar-refractivity contribution in [3.63, 3.8) is 0 Å². The maximum Gasteiger partial charge on any atom is 0.193 e. The summed E-state index contributed by atoms with van der Waals surface area (Å²) < 4.78 is 11.1. The number of hydrogen-bond donors (Lipinski definition) is 1. The number of methoxy groups -OCH3 is 1. The molecule has 0 spiro atoms. The number of guanidine groups is 1. The lowest BCUT2D eigenvalue weighted by molar-refractivity contribution is -0.0857. The third-order valence-electron chi connectivity index (χ3n) is 3.88. The minimum atomic E-state index is -0.129. The molecule has 0 amide bonds. The fraction of sp³-hybridized carbons (Fsp3) is 0.800. The van der Waals surface area contributed by atoms with Crippen LogP contribution in [0.4, 0.5) is 0 Å². The minimum Gasteiger partial charge on any atom is -0.381 e. The van der Waals surface area contributed by atoms with Crippen LogP contribution in [0.5, 0.6) is 0 Å². The van der Waals surface area contributed by atoms with Crippen molar-refractivity contribution in [1.82, 2.24) is 10.2 Å². The second-order valence-electron chi connectivity index (χ2n) is 5.25. The molecular formula is C15H30IN3O2. The highest BCUT2D eigenvalue weighted by Crippen LogP contribution is 2.23. The molecule has 21 heavy (non-hydrogen) atoms. The summed E-state index contributed by atoms with van der Waals surface area (Å²) in [5.41, 5.74) is -0.129. The number of nitrogens with one attached hydrogen (secondary N) is 1. The van der Waals surface area contributed by atoms with Gasteiger partial charge in [-0.2, -0.15) is 0 Å². The van der Waals surface area contributed by atoms with Gasteiger partial charge in [-0.05, 0) is 12.8 Å². The third-order valence-corrected chi connectivity index (χ3v) is 3.88. The van der Waals surface area contributed by atoms with Crippen LogP contribution in [-0.4, -0.2) is 64.0 Å². The van der Waals surface area contributed by atoms with Crippen molar-refractivity contribution in [3.05, 3.63) is 12.7 Å². The second-order valence-corrected chi connectivity index (χ2v) is 5.25. The number of unbranched alkanes of at least 4 members (excludes halogenated alkanes) is 1. The molecule has 1 N–H and O–H groups in total. The summed E-state index contributed by atoms with van der Waals surface area (Å²) in [6.45, 7) is 7.02. The molecule has 0 aromatic heterocycles. The second kappa shape index (κ2) is 11.3. The first-order valence-corrected chi connectivity index (χ1v) is 7.33. The van der Waals surface area contributed by atoms with E-state index >= 15 is 0 Å². The van der Waals surface area contributed by atoms with E-state index < -0.39 is 0 Å². The molecule has 0 unspecified atom stereocenters. The summed E-state index contributed by atoms with van der Waals surface area (Å²) in [6.07, 6.45) is 5.91. The molecule has 5 nitrogen and oxygen atoms in total. The average Bonchev–Trinajstić information content (AvgIpc) is 2.49. The topological polar surface area (TPSA) is 46.1 Å². The van der Waals surface area contributed by atoms with Crippen molar-refractivity contribution in [2.75, 3.05) is 47.5 Å². The summed E-state index contributed by atoms with van der Waals surface area (Å²) in [5, 5.41) is 3.43. The number of halogens is 1. The Labute approximate surface area is 146 Å². The molecule has 124 valence electrons. The predicted molar refractivity (Wildman–Crippen MR) is 98.6 cm³/mol. The van der Waals surface area contributed by atoms with E-state index in [1.165, 1.54) is 0 Å². The molecule has 0 aromatic rings. The van der Waals surface area contributed by atoms with Crippen molar-refractivity contribution < 1.29 is 9.47 Å². The summed E-state index contributed by atoms with van der Waals surface area (Å²) >= 11 is 0. The Morgan fingerprint density at radius 2 is 2.14 bits per heavy atom. The molecule has 0 aliphatic carbocycles. The molecule has 1 saturated heterocycles. The molecule has 1 fully saturated rings. The van der Waals surface area contributed by atoms with E-state index in [0.29, 0.717) is 0 Å². The first-order valence-electron chi connectivity index (χ1n) is 7.33. The molecule has 1 aliphatic heterocycles. The van der Waals surface area contributed by atoms with Crippen molar-refractivity contribution in [2.24, 2.45) is 4.99 Å². The summed E-state index contributed by atoms with van der Waals surface area (Å²) in [4.78, 5) is 6.48. The first kappa shape index (κ1) is 20.7. The minimum absolute atomic E-state index is 0. The van der Waals surface area contributed by atoms with Gasteiger partial charge in [0, 0.05) is 60.4 Å². The van der Waals surface area contributed by atoms with Crippen molar-refractivity contribution in [2.45, 2.75) is 31.3 Å². The van der Waals surface area contributed by atoms with E-state index in [1.54, 1.807) is 7.11 Å². The summed E-state index contributed by atoms with van der Waals surface area (Å²) in [6, 6.07) is 0. The third kappa shape index (κ3) is 6.97. The molecule has 1 heterocycles. The van der Waals surface area contributed by atoms with Gasteiger partial charge in [0.25, 0.3) is 0 Å². The van der Waals surface area contributed by atoms with Gasteiger partial charge >= 0.3 is 0 Å². The molecule has 0 aromatic carbocycles. The highest BCUT2D eigenvalue weighted by Gasteiger charge is 2.32. The number of nitrogens with zero attached hydrogens (tertiary/aromatic N) is 2. The molecule has 0 bridgehead atoms. The quantitative estimate of drug-likeness (QED) is 0.230. The van der Waals surface area contributed by atoms with Gasteiger partial charge in [-0.25, -0.2) is 0 Å². The van der Waals surface area contributed by atoms with Crippen LogP contribution in [0.1, 0.15) is 25.7 Å². The van der Waals surface area contributed by atoms with Crippen LogP contribution < -0.4 is 5.32 Å². The summed E-state index contributed by atoms with van der Waals surface area (Å²) in [7, 11) is 5.65. The van der Waals surface area contributed by atoms with Gasteiger partial charge in [0.15, 0.2) is 5.96 Å². The van der Waals surface area contributed by atoms with E-state index in [4.69, 9.17) is 9.47 Å². The number of aliphatic imine (C=N–C) groups is 1. The van der Waals surface area contributed by atoms with Crippen LogP contribution in [0.15, 0.2) is 17.6 Å². The Morgan fingerprint density at radius 1 is 1.48 bits per heavy atom. The van der Waals surface area contributed by atoms with E-state index in [2.05, 4.69) is 28.8 Å². The number of allylic oxidation sites excluding steroid dienone is 1. The van der Waals surface area contributed by atoms with E-state index in [9.17, 15) is 0 Å². The molecule has 6 heteroatoms. The lowest BCUT2D eigenvalue weighted by Gasteiger charge is -2.37. The first-order chi connectivity index (χ1) is 9.67. The zero-order valence-electron chi connectivity index (χ0n) is 13.6. The normalized spacial score (nSPS) is 17.8. The zero-order chi connectivity index (χ0) is 14.8. The van der Waals surface area contributed by atoms with Crippen molar-refractivity contribution >= 4 is 29.9 Å². The number of hydrogen-bond acceptors (Lipinski definition) is 3. The van der Waals surface area contributed by atoms with Crippen LogP contribution in [-0.2, 0) is 9.47 Å². The lowest BCUT2D eigenvalue weighted by Crippen LogP contribution is -2.51. The van der Waals surface area contributed by atoms with E-state index in [0.717, 1.165) is 57.9 Å². The van der Waals surface area contributed by atoms with E-state index in [-0.39, 0.29) is 29.6 Å². The highest BCUT2D eigenvalue weighted by atomic mass is 127. The van der Waals surface area contributed by atoms with E-state index in [1.807, 2.05) is 13.1 Å². The Bertz CT molecular complexity index is 318. The van der Waals surface area contributed by atoms with Crippen LogP contribution in [0.3, 0.4) is 0 Å². The van der Waals surface area contributed by atoms with Gasteiger partial charge in [0.2, 0.25) is 0 Å². The smallest absolute Gasteiger partial charge is 0.193 e. The standard InChI is InChI=1S/C15H29N3O2.HI/c1-5-6-7-10-18(3)14(16-2)17-13-15(19-4)8-11-20-12-9-15;/h5H,1,6-13H2,2-4H3,(H,16,17);1H. The summed E-state index contributed by atoms with van der Waals surface area (Å²) in [5.74, 6) is 0.914. The average molecular weight is 411 g/mol. The number of rotatable bonds is 7. The SMILES string of the molecule is C=CCCCN(C)C(=NC)NCC1(OC)CCOCC1.I. The van der Waals surface area contributed by atoms with Crippen LogP contribution in [0.2, 0.25) is 0 Å². The Morgan fingerprint density at radius 3 is 2.67 bits per heavy atom. The zero-order valence-corrected chi connectivity index (χ0v) is 15.9. The molecule has 0 saturated carbocycles. The number of ether oxygens (including phenoxy) is 2. The largest absolute Gasteiger partial charge is 0.381 e. The fourth-order valence-electron chi connectivity index (χ4n) is 2.40. The Balaban J connectivity index is 0.00000400. The molecule has 1 rings (SSSR count). The fourth-order valence-corrected chi connectivity index (χ4v) is 2.40. The van der Waals surface area contributed by atoms with Crippen LogP contribution in [0.25, 0.3) is 0 Å². The van der Waals surface area contributed by atoms with Crippen LogP contribution >= 0.6 is 24.0 Å². The van der Waals surface area contributed by atoms with Gasteiger partial charge in [-0.15, -0.1) is 30.6 Å². The van der Waals surface area contributed by atoms with Gasteiger partial charge in [-0.3, -0.25) is 4.99 Å². The van der Waals surface area contributed by atoms with Gasteiger partial charge in [-0.1, -0.05) is 6.08 Å². The maximum atomic E-state index is 5.72. The monoisotopic (exact) mass is 411 g/mol. The molecule has 1 aliphatic rings. The van der Waals surface area contributed by atoms with Crippen LogP contribution in [0, 0.1) is 0 Å². The van der Waals surface area contributed by atoms with Gasteiger partial charge < -0.3 is 19.7 Å². The molecule has 0 radical (unpaired) electrons. The molecule has 0 atom stereocenters.